The average Bonchev–Trinajstić information content (AvgIpc) is 3.25. The molecule has 5 nitrogen and oxygen atoms in total. The van der Waals surface area contributed by atoms with Crippen molar-refractivity contribution in [2.75, 3.05) is 18.6 Å². The lowest BCUT2D eigenvalue weighted by molar-refractivity contribution is -0.121. The Morgan fingerprint density at radius 2 is 1.69 bits per heavy atom. The highest BCUT2D eigenvalue weighted by atomic mass is 16.5. The Kier molecular flexibility index (Phi) is 6.55. The van der Waals surface area contributed by atoms with Crippen molar-refractivity contribution in [1.82, 2.24) is 5.32 Å². The van der Waals surface area contributed by atoms with Gasteiger partial charge in [0, 0.05) is 30.8 Å². The lowest BCUT2D eigenvalue weighted by Gasteiger charge is -2.18. The molecule has 1 aliphatic heterocycles. The van der Waals surface area contributed by atoms with Gasteiger partial charge in [0.1, 0.15) is 5.75 Å². The third-order valence-corrected chi connectivity index (χ3v) is 5.88. The van der Waals surface area contributed by atoms with Gasteiger partial charge in [0.25, 0.3) is 5.91 Å². The molecule has 0 spiro atoms. The topological polar surface area (TPSA) is 58.6 Å². The fraction of sp³-hybridized carbons (Fsp3) is 0.259. The molecule has 2 amide bonds. The first kappa shape index (κ1) is 21.6. The number of rotatable bonds is 7. The van der Waals surface area contributed by atoms with Crippen LogP contribution in [0.15, 0.2) is 66.7 Å². The van der Waals surface area contributed by atoms with E-state index in [0.717, 1.165) is 34.5 Å². The van der Waals surface area contributed by atoms with E-state index in [1.165, 1.54) is 5.56 Å². The number of methoxy groups -OCH3 is 1. The van der Waals surface area contributed by atoms with Gasteiger partial charge in [-0.25, -0.2) is 0 Å². The second-order valence-corrected chi connectivity index (χ2v) is 8.16. The number of hydrogen-bond acceptors (Lipinski definition) is 3. The van der Waals surface area contributed by atoms with Crippen LogP contribution in [0.25, 0.3) is 0 Å². The van der Waals surface area contributed by atoms with Gasteiger partial charge in [-0.05, 0) is 66.8 Å². The predicted octanol–water partition coefficient (Wildman–Crippen LogP) is 4.46. The minimum absolute atomic E-state index is 0.00824. The number of anilines is 1. The number of fused-ring (bicyclic) bond motifs is 1. The lowest BCUT2D eigenvalue weighted by atomic mass is 10.1. The van der Waals surface area contributed by atoms with E-state index in [2.05, 4.69) is 11.4 Å². The number of carbonyl (C=O) groups excluding carboxylic acids is 2. The Morgan fingerprint density at radius 3 is 2.41 bits per heavy atom. The number of nitrogens with zero attached hydrogens (tertiary/aromatic N) is 1. The van der Waals surface area contributed by atoms with Crippen LogP contribution in [0.2, 0.25) is 0 Å². The van der Waals surface area contributed by atoms with Gasteiger partial charge in [0.05, 0.1) is 7.11 Å². The van der Waals surface area contributed by atoms with E-state index in [1.807, 2.05) is 72.5 Å². The molecule has 32 heavy (non-hydrogen) atoms. The van der Waals surface area contributed by atoms with Crippen LogP contribution in [0.1, 0.15) is 39.0 Å². The van der Waals surface area contributed by atoms with Crippen molar-refractivity contribution in [2.45, 2.75) is 32.7 Å². The Morgan fingerprint density at radius 1 is 0.969 bits per heavy atom. The van der Waals surface area contributed by atoms with Gasteiger partial charge in [-0.15, -0.1) is 0 Å². The van der Waals surface area contributed by atoms with E-state index < -0.39 is 0 Å². The van der Waals surface area contributed by atoms with Crippen molar-refractivity contribution in [2.24, 2.45) is 0 Å². The highest BCUT2D eigenvalue weighted by Gasteiger charge is 2.25. The van der Waals surface area contributed by atoms with Gasteiger partial charge >= 0.3 is 0 Å². The Bertz CT molecular complexity index is 1100. The fourth-order valence-electron chi connectivity index (χ4n) is 3.94. The molecule has 3 aromatic rings. The summed E-state index contributed by atoms with van der Waals surface area (Å²) in [6, 6.07) is 21.6. The second kappa shape index (κ2) is 9.69. The van der Waals surface area contributed by atoms with Crippen LogP contribution >= 0.6 is 0 Å². The van der Waals surface area contributed by atoms with Gasteiger partial charge in [0.15, 0.2) is 0 Å². The van der Waals surface area contributed by atoms with Crippen LogP contribution in [0.4, 0.5) is 5.69 Å². The highest BCUT2D eigenvalue weighted by Crippen LogP contribution is 2.30. The third-order valence-electron chi connectivity index (χ3n) is 5.88. The van der Waals surface area contributed by atoms with E-state index in [4.69, 9.17) is 4.74 Å². The maximum atomic E-state index is 13.0. The fourth-order valence-corrected chi connectivity index (χ4v) is 3.94. The summed E-state index contributed by atoms with van der Waals surface area (Å²) in [6.07, 6.45) is 1.95. The van der Waals surface area contributed by atoms with Crippen molar-refractivity contribution in [1.29, 1.82) is 0 Å². The molecule has 0 aromatic heterocycles. The largest absolute Gasteiger partial charge is 0.497 e. The maximum Gasteiger partial charge on any atom is 0.258 e. The van der Waals surface area contributed by atoms with Crippen molar-refractivity contribution in [3.05, 3.63) is 94.5 Å². The number of hydrogen-bond donors (Lipinski definition) is 1. The number of nitrogens with one attached hydrogen (secondary N) is 1. The number of carbonyl (C=O) groups is 2. The molecule has 164 valence electrons. The lowest BCUT2D eigenvalue weighted by Crippen LogP contribution is -2.29. The first-order valence-electron chi connectivity index (χ1n) is 10.9. The smallest absolute Gasteiger partial charge is 0.258 e. The molecule has 4 rings (SSSR count). The minimum atomic E-state index is 0.00824. The van der Waals surface area contributed by atoms with Crippen LogP contribution in [0.5, 0.6) is 5.75 Å². The van der Waals surface area contributed by atoms with Crippen molar-refractivity contribution >= 4 is 17.5 Å². The van der Waals surface area contributed by atoms with E-state index in [9.17, 15) is 9.59 Å². The normalized spacial score (nSPS) is 12.4. The molecule has 3 aromatic carbocycles. The molecular weight excluding hydrogens is 400 g/mol. The monoisotopic (exact) mass is 428 g/mol. The van der Waals surface area contributed by atoms with E-state index in [1.54, 1.807) is 7.11 Å². The molecule has 1 N–H and O–H groups in total. The van der Waals surface area contributed by atoms with Crippen molar-refractivity contribution < 1.29 is 14.3 Å². The number of amides is 2. The van der Waals surface area contributed by atoms with E-state index in [0.29, 0.717) is 31.5 Å². The standard InChI is InChI=1S/C27H28N2O3/c1-19-3-9-23(10-4-19)27(31)29-16-15-22-11-5-21(17-25(22)29)18-28-26(30)14-8-20-6-12-24(32-2)13-7-20/h3-7,9-13,17H,8,14-16,18H2,1-2H3,(H,28,30). The molecular formula is C27H28N2O3. The molecule has 0 fully saturated rings. The Hall–Kier alpha value is -3.60. The van der Waals surface area contributed by atoms with E-state index in [-0.39, 0.29) is 11.8 Å². The predicted molar refractivity (Wildman–Crippen MR) is 126 cm³/mol. The summed E-state index contributed by atoms with van der Waals surface area (Å²) in [4.78, 5) is 27.2. The average molecular weight is 429 g/mol. The second-order valence-electron chi connectivity index (χ2n) is 8.16. The van der Waals surface area contributed by atoms with Gasteiger partial charge in [-0.3, -0.25) is 9.59 Å². The first-order valence-corrected chi connectivity index (χ1v) is 10.9. The van der Waals surface area contributed by atoms with Gasteiger partial charge in [-0.2, -0.15) is 0 Å². The summed E-state index contributed by atoms with van der Waals surface area (Å²) < 4.78 is 5.16. The van der Waals surface area contributed by atoms with Crippen molar-refractivity contribution in [3.8, 4) is 5.75 Å². The molecule has 0 saturated carbocycles. The molecule has 1 aliphatic rings. The van der Waals surface area contributed by atoms with Crippen LogP contribution in [0.3, 0.4) is 0 Å². The number of aryl methyl sites for hydroxylation is 2. The zero-order valence-corrected chi connectivity index (χ0v) is 18.6. The number of benzene rings is 3. The SMILES string of the molecule is COc1ccc(CCC(=O)NCc2ccc3c(c2)N(C(=O)c2ccc(C)cc2)CC3)cc1. The Labute approximate surface area is 189 Å². The summed E-state index contributed by atoms with van der Waals surface area (Å²) in [5, 5.41) is 3.00. The van der Waals surface area contributed by atoms with Crippen molar-refractivity contribution in [3.63, 3.8) is 0 Å². The first-order chi connectivity index (χ1) is 15.5. The molecule has 1 heterocycles. The third kappa shape index (κ3) is 4.99. The van der Waals surface area contributed by atoms with Crippen LogP contribution < -0.4 is 15.0 Å². The van der Waals surface area contributed by atoms with Gasteiger partial charge in [0.2, 0.25) is 5.91 Å². The Balaban J connectivity index is 1.35. The zero-order chi connectivity index (χ0) is 22.5. The van der Waals surface area contributed by atoms with Gasteiger partial charge < -0.3 is 15.0 Å². The van der Waals surface area contributed by atoms with Crippen LogP contribution in [-0.4, -0.2) is 25.5 Å². The summed E-state index contributed by atoms with van der Waals surface area (Å²) in [5.74, 6) is 0.836. The zero-order valence-electron chi connectivity index (χ0n) is 18.6. The summed E-state index contributed by atoms with van der Waals surface area (Å²) in [6.45, 7) is 3.14. The molecule has 0 unspecified atom stereocenters. The molecule has 0 aliphatic carbocycles. The van der Waals surface area contributed by atoms with Crippen LogP contribution in [0, 0.1) is 6.92 Å². The quantitative estimate of drug-likeness (QED) is 0.605. The molecule has 0 radical (unpaired) electrons. The molecule has 5 heteroatoms. The summed E-state index contributed by atoms with van der Waals surface area (Å²) in [5.41, 5.74) is 6.03. The maximum absolute atomic E-state index is 13.0. The summed E-state index contributed by atoms with van der Waals surface area (Å²) >= 11 is 0. The molecule has 0 atom stereocenters. The van der Waals surface area contributed by atoms with Crippen LogP contribution in [-0.2, 0) is 24.2 Å². The van der Waals surface area contributed by atoms with E-state index >= 15 is 0 Å². The van der Waals surface area contributed by atoms with Gasteiger partial charge in [-0.1, -0.05) is 42.0 Å². The minimum Gasteiger partial charge on any atom is -0.497 e. The highest BCUT2D eigenvalue weighted by molar-refractivity contribution is 6.07. The summed E-state index contributed by atoms with van der Waals surface area (Å²) in [7, 11) is 1.64. The molecule has 0 saturated heterocycles. The molecule has 0 bridgehead atoms. The number of ether oxygens (including phenoxy) is 1.